The summed E-state index contributed by atoms with van der Waals surface area (Å²) in [5.41, 5.74) is 0. The van der Waals surface area contributed by atoms with Gasteiger partial charge in [-0.25, -0.2) is 12.7 Å². The molecule has 0 rings (SSSR count). The Labute approximate surface area is 74.2 Å². The molecule has 0 saturated heterocycles. The van der Waals surface area contributed by atoms with Crippen LogP contribution in [-0.4, -0.2) is 6.29 Å². The van der Waals surface area contributed by atoms with Crippen LogP contribution in [0, 0.1) is 0 Å². The van der Waals surface area contributed by atoms with Crippen molar-refractivity contribution in [3.63, 3.8) is 0 Å². The van der Waals surface area contributed by atoms with Gasteiger partial charge in [-0.1, -0.05) is 0 Å². The fraction of sp³-hybridized carbons (Fsp3) is 0. The zero-order valence-electron chi connectivity index (χ0n) is 3.21. The summed E-state index contributed by atoms with van der Waals surface area (Å²) in [5.74, 6) is 0. The molecule has 7 heavy (non-hydrogen) atoms. The predicted octanol–water partition coefficient (Wildman–Crippen LogP) is 0.275. The van der Waals surface area contributed by atoms with E-state index in [9.17, 15) is 0 Å². The maximum atomic E-state index is 8.93. The second-order valence-corrected chi connectivity index (χ2v) is 0.322. The number of hydrogen-bond acceptors (Lipinski definition) is 1. The summed E-state index contributed by atoms with van der Waals surface area (Å²) in [7, 11) is 0. The summed E-state index contributed by atoms with van der Waals surface area (Å²) in [6.07, 6.45) is 2.51. The molecule has 0 saturated carbocycles. The Morgan fingerprint density at radius 3 is 1.57 bits per heavy atom. The van der Waals surface area contributed by atoms with Crippen LogP contribution in [0.3, 0.4) is 0 Å². The monoisotopic (exact) mass is 229 g/mol. The average Bonchev–Trinajstić information content (AvgIpc) is 1.37. The summed E-state index contributed by atoms with van der Waals surface area (Å²) >= 11 is 0. The van der Waals surface area contributed by atoms with E-state index in [1.807, 2.05) is 0 Å². The van der Waals surface area contributed by atoms with Gasteiger partial charge in [-0.3, -0.25) is 0 Å². The standard InChI is InChI=1S/C3H3O.2Co.Fe/c1-2-3-4;;;/h2H,1H2;;;/q-1;;;. The van der Waals surface area contributed by atoms with Crippen molar-refractivity contribution in [2.24, 2.45) is 0 Å². The van der Waals surface area contributed by atoms with Crippen LogP contribution in [0.1, 0.15) is 0 Å². The van der Waals surface area contributed by atoms with Gasteiger partial charge in [0, 0.05) is 50.6 Å². The molecule has 4 heteroatoms. The molecule has 48 valence electrons. The molecule has 0 aromatic carbocycles. The molecule has 0 atom stereocenters. The Bertz CT molecular complexity index is 33.9. The largest absolute Gasteiger partial charge is 0.419 e. The molecule has 0 N–H and O–H groups in total. The predicted molar refractivity (Wildman–Crippen MR) is 15.9 cm³/mol. The van der Waals surface area contributed by atoms with E-state index in [2.05, 4.69) is 6.58 Å². The smallest absolute Gasteiger partial charge is 0 e. The van der Waals surface area contributed by atoms with E-state index < -0.39 is 0 Å². The van der Waals surface area contributed by atoms with Crippen molar-refractivity contribution < 1.29 is 55.4 Å². The molecule has 0 aliphatic heterocycles. The van der Waals surface area contributed by atoms with E-state index in [4.69, 9.17) is 4.79 Å². The van der Waals surface area contributed by atoms with Gasteiger partial charge < -0.3 is 4.79 Å². The molecule has 0 heterocycles. The Morgan fingerprint density at radius 2 is 1.57 bits per heavy atom. The van der Waals surface area contributed by atoms with E-state index >= 15 is 0 Å². The van der Waals surface area contributed by atoms with Crippen molar-refractivity contribution in [3.8, 4) is 0 Å². The SMILES string of the molecule is C=C[C-]=O.[Co].[Co].[Fe]. The first-order chi connectivity index (χ1) is 1.91. The first kappa shape index (κ1) is 24.6. The van der Waals surface area contributed by atoms with Crippen molar-refractivity contribution in [3.05, 3.63) is 12.7 Å². The summed E-state index contributed by atoms with van der Waals surface area (Å²) < 4.78 is 0. The van der Waals surface area contributed by atoms with Crippen molar-refractivity contribution in [1.29, 1.82) is 0 Å². The molecule has 2 radical (unpaired) electrons. The van der Waals surface area contributed by atoms with Gasteiger partial charge >= 0.3 is 0 Å². The van der Waals surface area contributed by atoms with Gasteiger partial charge in [0.2, 0.25) is 0 Å². The molecule has 0 amide bonds. The summed E-state index contributed by atoms with van der Waals surface area (Å²) in [4.78, 5) is 8.93. The number of hydrogen-bond donors (Lipinski definition) is 0. The number of rotatable bonds is 1. The van der Waals surface area contributed by atoms with Crippen LogP contribution in [-0.2, 0) is 55.4 Å². The third-order valence-electron chi connectivity index (χ3n) is 0.0833. The molecule has 0 fully saturated rings. The minimum atomic E-state index is 0. The minimum absolute atomic E-state index is 0. The second-order valence-electron chi connectivity index (χ2n) is 0.322. The van der Waals surface area contributed by atoms with Gasteiger partial charge in [0.05, 0.1) is 0 Å². The van der Waals surface area contributed by atoms with Crippen molar-refractivity contribution in [2.75, 3.05) is 0 Å². The first-order valence-electron chi connectivity index (χ1n) is 0.901. The van der Waals surface area contributed by atoms with Crippen molar-refractivity contribution in [1.82, 2.24) is 0 Å². The molecular weight excluding hydrogens is 226 g/mol. The van der Waals surface area contributed by atoms with E-state index in [0.29, 0.717) is 0 Å². The van der Waals surface area contributed by atoms with Gasteiger partial charge in [-0.15, -0.1) is 0 Å². The van der Waals surface area contributed by atoms with Crippen LogP contribution in [0.15, 0.2) is 12.7 Å². The third kappa shape index (κ3) is 44.9. The second kappa shape index (κ2) is 28.3. The van der Waals surface area contributed by atoms with E-state index in [1.165, 1.54) is 6.29 Å². The summed E-state index contributed by atoms with van der Waals surface area (Å²) in [6.45, 7) is 3.06. The molecule has 0 aromatic heterocycles. The fourth-order valence-electron chi connectivity index (χ4n) is 0. The maximum Gasteiger partial charge on any atom is 0 e. The van der Waals surface area contributed by atoms with Crippen LogP contribution in [0.5, 0.6) is 0 Å². The molecule has 0 bridgehead atoms. The Morgan fingerprint density at radius 1 is 1.43 bits per heavy atom. The van der Waals surface area contributed by atoms with Gasteiger partial charge in [0.15, 0.2) is 0 Å². The topological polar surface area (TPSA) is 17.1 Å². The van der Waals surface area contributed by atoms with Gasteiger partial charge in [0.1, 0.15) is 0 Å². The van der Waals surface area contributed by atoms with Gasteiger partial charge in [-0.05, 0) is 6.29 Å². The molecule has 0 unspecified atom stereocenters. The van der Waals surface area contributed by atoms with Crippen molar-refractivity contribution in [2.45, 2.75) is 0 Å². The number of carbonyl (C=O) groups excluding carboxylic acids is 1. The van der Waals surface area contributed by atoms with Crippen LogP contribution in [0.2, 0.25) is 0 Å². The number of allylic oxidation sites excluding steroid dienone is 1. The van der Waals surface area contributed by atoms with Gasteiger partial charge in [-0.2, -0.15) is 0 Å². The Hall–Kier alpha value is 0.942. The molecule has 0 aliphatic rings. The summed E-state index contributed by atoms with van der Waals surface area (Å²) in [5, 5.41) is 0. The minimum Gasteiger partial charge on any atom is -0.419 e. The van der Waals surface area contributed by atoms with E-state index in [0.717, 1.165) is 6.08 Å². The zero-order chi connectivity index (χ0) is 3.41. The van der Waals surface area contributed by atoms with Crippen molar-refractivity contribution >= 4 is 6.29 Å². The average molecular weight is 229 g/mol. The van der Waals surface area contributed by atoms with Crippen LogP contribution < -0.4 is 0 Å². The van der Waals surface area contributed by atoms with E-state index in [1.54, 1.807) is 0 Å². The molecule has 0 aromatic rings. The first-order valence-corrected chi connectivity index (χ1v) is 0.901. The summed E-state index contributed by atoms with van der Waals surface area (Å²) in [6, 6.07) is 0. The zero-order valence-corrected chi connectivity index (χ0v) is 6.40. The van der Waals surface area contributed by atoms with Crippen LogP contribution in [0.25, 0.3) is 0 Å². The Kier molecular flexibility index (Phi) is 99.6. The fourth-order valence-corrected chi connectivity index (χ4v) is 0. The normalized spacial score (nSPS) is 2.86. The van der Waals surface area contributed by atoms with Crippen LogP contribution >= 0.6 is 0 Å². The molecule has 0 spiro atoms. The quantitative estimate of drug-likeness (QED) is 0.358. The molecule has 1 nitrogen and oxygen atoms in total. The Balaban J connectivity index is -0.0000000150. The third-order valence-corrected chi connectivity index (χ3v) is 0.0833. The van der Waals surface area contributed by atoms with E-state index in [-0.39, 0.29) is 50.6 Å². The maximum absolute atomic E-state index is 8.93. The molecular formula is C3H3Co2FeO-. The van der Waals surface area contributed by atoms with Crippen LogP contribution in [0.4, 0.5) is 0 Å². The molecule has 0 aliphatic carbocycles. The van der Waals surface area contributed by atoms with Gasteiger partial charge in [0.25, 0.3) is 0 Å².